The Bertz CT molecular complexity index is 1200. The molecule has 3 aromatic carbocycles. The van der Waals surface area contributed by atoms with Crippen LogP contribution < -0.4 is 29.7 Å². The minimum Gasteiger partial charge on any atom is -0.494 e. The van der Waals surface area contributed by atoms with Gasteiger partial charge < -0.3 is 24.3 Å². The van der Waals surface area contributed by atoms with E-state index in [-0.39, 0.29) is 11.5 Å². The molecule has 9 heteroatoms. The van der Waals surface area contributed by atoms with Crippen molar-refractivity contribution in [2.75, 3.05) is 33.3 Å². The molecule has 35 heavy (non-hydrogen) atoms. The van der Waals surface area contributed by atoms with Crippen LogP contribution in [0, 0.1) is 0 Å². The van der Waals surface area contributed by atoms with Crippen LogP contribution in [-0.2, 0) is 0 Å². The maximum Gasteiger partial charge on any atom is 0.276 e. The summed E-state index contributed by atoms with van der Waals surface area (Å²) in [6, 6.07) is 17.6. The largest absolute Gasteiger partial charge is 0.494 e. The number of anilines is 1. The molecule has 1 heterocycles. The molecular formula is C26H27N3O6. The molecule has 0 saturated heterocycles. The Kier molecular flexibility index (Phi) is 6.96. The Morgan fingerprint density at radius 2 is 1.63 bits per heavy atom. The molecule has 4 rings (SSSR count). The van der Waals surface area contributed by atoms with Crippen LogP contribution in [0.2, 0.25) is 0 Å². The molecule has 2 amide bonds. The number of para-hydroxylation sites is 1. The smallest absolute Gasteiger partial charge is 0.276 e. The van der Waals surface area contributed by atoms with Gasteiger partial charge >= 0.3 is 0 Å². The van der Waals surface area contributed by atoms with E-state index < -0.39 is 12.1 Å². The molecule has 0 fully saturated rings. The van der Waals surface area contributed by atoms with Gasteiger partial charge in [-0.25, -0.2) is 5.01 Å². The quantitative estimate of drug-likeness (QED) is 0.506. The monoisotopic (exact) mass is 477 g/mol. The molecule has 0 bridgehead atoms. The van der Waals surface area contributed by atoms with Crippen molar-refractivity contribution < 1.29 is 28.5 Å². The third-order valence-electron chi connectivity index (χ3n) is 5.58. The van der Waals surface area contributed by atoms with E-state index in [0.29, 0.717) is 40.9 Å². The molecular weight excluding hydrogens is 450 g/mol. The highest BCUT2D eigenvalue weighted by molar-refractivity contribution is 6.04. The number of nitrogens with one attached hydrogen (secondary N) is 2. The molecule has 182 valence electrons. The number of carbonyl (C=O) groups excluding carboxylic acids is 2. The summed E-state index contributed by atoms with van der Waals surface area (Å²) in [4.78, 5) is 26.8. The lowest BCUT2D eigenvalue weighted by molar-refractivity contribution is 0.0490. The molecule has 9 nitrogen and oxygen atoms in total. The Balaban J connectivity index is 1.70. The number of amides is 2. The summed E-state index contributed by atoms with van der Waals surface area (Å²) < 4.78 is 21.6. The van der Waals surface area contributed by atoms with Gasteiger partial charge in [0, 0.05) is 11.3 Å². The van der Waals surface area contributed by atoms with E-state index in [1.165, 1.54) is 38.5 Å². The zero-order chi connectivity index (χ0) is 24.9. The second-order valence-corrected chi connectivity index (χ2v) is 7.62. The van der Waals surface area contributed by atoms with Crippen molar-refractivity contribution in [3.63, 3.8) is 0 Å². The van der Waals surface area contributed by atoms with E-state index >= 15 is 0 Å². The van der Waals surface area contributed by atoms with Gasteiger partial charge in [-0.2, -0.15) is 0 Å². The fourth-order valence-corrected chi connectivity index (χ4v) is 3.90. The first-order valence-electron chi connectivity index (χ1n) is 11.0. The maximum absolute atomic E-state index is 13.5. The average molecular weight is 478 g/mol. The lowest BCUT2D eigenvalue weighted by Gasteiger charge is -2.37. The zero-order valence-corrected chi connectivity index (χ0v) is 20.0. The summed E-state index contributed by atoms with van der Waals surface area (Å²) in [6.45, 7) is 2.45. The summed E-state index contributed by atoms with van der Waals surface area (Å²) in [5, 5.41) is 4.63. The van der Waals surface area contributed by atoms with Crippen LogP contribution >= 0.6 is 0 Å². The van der Waals surface area contributed by atoms with E-state index in [9.17, 15) is 9.59 Å². The summed E-state index contributed by atoms with van der Waals surface area (Å²) in [5.74, 6) is 0.867. The van der Waals surface area contributed by atoms with Crippen molar-refractivity contribution in [2.24, 2.45) is 0 Å². The van der Waals surface area contributed by atoms with Gasteiger partial charge in [0.05, 0.1) is 33.5 Å². The number of methoxy groups -OCH3 is 3. The summed E-state index contributed by atoms with van der Waals surface area (Å²) >= 11 is 0. The van der Waals surface area contributed by atoms with E-state index in [1.54, 1.807) is 12.1 Å². The predicted octanol–water partition coefficient (Wildman–Crippen LogP) is 4.02. The Morgan fingerprint density at radius 1 is 0.971 bits per heavy atom. The molecule has 1 aliphatic rings. The van der Waals surface area contributed by atoms with Crippen molar-refractivity contribution in [1.29, 1.82) is 0 Å². The van der Waals surface area contributed by atoms with Crippen LogP contribution in [0.25, 0.3) is 0 Å². The van der Waals surface area contributed by atoms with Crippen molar-refractivity contribution in [3.05, 3.63) is 77.4 Å². The van der Waals surface area contributed by atoms with Crippen molar-refractivity contribution in [2.45, 2.75) is 13.1 Å². The number of ether oxygens (including phenoxy) is 4. The van der Waals surface area contributed by atoms with Crippen LogP contribution in [-0.4, -0.2) is 44.8 Å². The van der Waals surface area contributed by atoms with Gasteiger partial charge in [0.25, 0.3) is 11.8 Å². The Morgan fingerprint density at radius 3 is 2.23 bits per heavy atom. The third kappa shape index (κ3) is 4.65. The topological polar surface area (TPSA) is 98.4 Å². The summed E-state index contributed by atoms with van der Waals surface area (Å²) in [6.07, 6.45) is -0.654. The van der Waals surface area contributed by atoms with Crippen LogP contribution in [0.5, 0.6) is 23.0 Å². The predicted molar refractivity (Wildman–Crippen MR) is 130 cm³/mol. The normalized spacial score (nSPS) is 14.5. The second-order valence-electron chi connectivity index (χ2n) is 7.62. The second kappa shape index (κ2) is 10.3. The minimum absolute atomic E-state index is 0.233. The van der Waals surface area contributed by atoms with Crippen LogP contribution in [0.4, 0.5) is 5.69 Å². The molecule has 1 aliphatic heterocycles. The number of benzene rings is 3. The molecule has 1 unspecified atom stereocenters. The van der Waals surface area contributed by atoms with Gasteiger partial charge in [-0.1, -0.05) is 24.3 Å². The number of hydrogen-bond acceptors (Lipinski definition) is 7. The van der Waals surface area contributed by atoms with E-state index in [4.69, 9.17) is 18.9 Å². The van der Waals surface area contributed by atoms with Gasteiger partial charge in [-0.15, -0.1) is 0 Å². The molecule has 0 aromatic heterocycles. The number of hydrazine groups is 1. The number of nitrogens with zero attached hydrogens (tertiary/aromatic N) is 1. The van der Waals surface area contributed by atoms with Crippen molar-refractivity contribution in [1.82, 2.24) is 10.4 Å². The molecule has 1 atom stereocenters. The SMILES string of the molecule is CCOc1ccc(C2Nc3ccccc3C(=O)N2NC(=O)c2cc(OC)c(OC)c(OC)c2)cc1. The highest BCUT2D eigenvalue weighted by atomic mass is 16.5. The first-order valence-corrected chi connectivity index (χ1v) is 11.0. The lowest BCUT2D eigenvalue weighted by atomic mass is 10.0. The maximum atomic E-state index is 13.5. The van der Waals surface area contributed by atoms with Gasteiger partial charge in [0.1, 0.15) is 11.9 Å². The van der Waals surface area contributed by atoms with E-state index in [0.717, 1.165) is 5.56 Å². The molecule has 0 saturated carbocycles. The summed E-state index contributed by atoms with van der Waals surface area (Å²) in [5.41, 5.74) is 4.87. The van der Waals surface area contributed by atoms with Gasteiger partial charge in [-0.05, 0) is 48.9 Å². The number of rotatable bonds is 8. The first-order chi connectivity index (χ1) is 17.0. The zero-order valence-electron chi connectivity index (χ0n) is 20.0. The molecule has 3 aromatic rings. The summed E-state index contributed by atoms with van der Waals surface area (Å²) in [7, 11) is 4.42. The Labute approximate surface area is 203 Å². The van der Waals surface area contributed by atoms with Crippen LogP contribution in [0.1, 0.15) is 39.4 Å². The van der Waals surface area contributed by atoms with E-state index in [1.807, 2.05) is 43.3 Å². The van der Waals surface area contributed by atoms with Crippen molar-refractivity contribution in [3.8, 4) is 23.0 Å². The number of fused-ring (bicyclic) bond motifs is 1. The number of hydrogen-bond donors (Lipinski definition) is 2. The van der Waals surface area contributed by atoms with Gasteiger partial charge in [0.15, 0.2) is 11.5 Å². The highest BCUT2D eigenvalue weighted by Gasteiger charge is 2.34. The number of carbonyl (C=O) groups is 2. The van der Waals surface area contributed by atoms with Gasteiger partial charge in [0.2, 0.25) is 5.75 Å². The van der Waals surface area contributed by atoms with Crippen molar-refractivity contribution >= 4 is 17.5 Å². The third-order valence-corrected chi connectivity index (χ3v) is 5.58. The standard InChI is InChI=1S/C26H27N3O6/c1-5-35-18-12-10-16(11-13-18)24-27-20-9-7-6-8-19(20)26(31)29(24)28-25(30)17-14-21(32-2)23(34-4)22(15-17)33-3/h6-15,24,27H,5H2,1-4H3,(H,28,30). The van der Waals surface area contributed by atoms with Gasteiger partial charge in [-0.3, -0.25) is 15.0 Å². The minimum atomic E-state index is -0.654. The highest BCUT2D eigenvalue weighted by Crippen LogP contribution is 2.38. The van der Waals surface area contributed by atoms with Crippen LogP contribution in [0.15, 0.2) is 60.7 Å². The Hall–Kier alpha value is -4.40. The lowest BCUT2D eigenvalue weighted by Crippen LogP contribution is -2.52. The van der Waals surface area contributed by atoms with Crippen LogP contribution in [0.3, 0.4) is 0 Å². The average Bonchev–Trinajstić information content (AvgIpc) is 2.89. The first kappa shape index (κ1) is 23.7. The fourth-order valence-electron chi connectivity index (χ4n) is 3.90. The van der Waals surface area contributed by atoms with E-state index in [2.05, 4.69) is 10.7 Å². The molecule has 0 spiro atoms. The molecule has 2 N–H and O–H groups in total. The molecule has 0 aliphatic carbocycles. The molecule has 0 radical (unpaired) electrons. The fraction of sp³-hybridized carbons (Fsp3) is 0.231.